The van der Waals surface area contributed by atoms with Gasteiger partial charge in [0.1, 0.15) is 0 Å². The SMILES string of the molecule is OC1C=C(C(F)(F)F)C=C(C(F)(F)F)C1. The number of hydrogen-bond donors (Lipinski definition) is 1. The molecule has 1 atom stereocenters. The lowest BCUT2D eigenvalue weighted by molar-refractivity contribution is -0.102. The van der Waals surface area contributed by atoms with Crippen molar-refractivity contribution in [3.05, 3.63) is 23.3 Å². The van der Waals surface area contributed by atoms with Gasteiger partial charge in [-0.1, -0.05) is 0 Å². The minimum atomic E-state index is -4.88. The Kier molecular flexibility index (Phi) is 2.86. The normalized spacial score (nSPS) is 23.5. The Balaban J connectivity index is 3.06. The van der Waals surface area contributed by atoms with Crippen molar-refractivity contribution < 1.29 is 31.4 Å². The van der Waals surface area contributed by atoms with Crippen molar-refractivity contribution in [3.8, 4) is 0 Å². The van der Waals surface area contributed by atoms with Crippen LogP contribution in [0.25, 0.3) is 0 Å². The molecule has 15 heavy (non-hydrogen) atoms. The van der Waals surface area contributed by atoms with Gasteiger partial charge >= 0.3 is 12.4 Å². The van der Waals surface area contributed by atoms with Gasteiger partial charge in [-0.15, -0.1) is 0 Å². The highest BCUT2D eigenvalue weighted by Gasteiger charge is 2.41. The largest absolute Gasteiger partial charge is 0.416 e. The molecule has 0 heterocycles. The third-order valence-corrected chi connectivity index (χ3v) is 1.82. The molecule has 7 heteroatoms. The fourth-order valence-corrected chi connectivity index (χ4v) is 1.16. The smallest absolute Gasteiger partial charge is 0.389 e. The Morgan fingerprint density at radius 1 is 1.07 bits per heavy atom. The Hall–Kier alpha value is -0.980. The third kappa shape index (κ3) is 2.98. The minimum Gasteiger partial charge on any atom is -0.389 e. The second kappa shape index (κ2) is 3.55. The molecule has 0 saturated carbocycles. The second-order valence-electron chi connectivity index (χ2n) is 3.06. The lowest BCUT2D eigenvalue weighted by Crippen LogP contribution is -2.24. The van der Waals surface area contributed by atoms with Crippen LogP contribution in [0, 0.1) is 0 Å². The molecule has 1 aliphatic carbocycles. The molecular weight excluding hydrogens is 226 g/mol. The number of halogens is 6. The zero-order chi connectivity index (χ0) is 11.9. The number of aliphatic hydroxyl groups is 1. The highest BCUT2D eigenvalue weighted by molar-refractivity contribution is 5.35. The second-order valence-corrected chi connectivity index (χ2v) is 3.06. The summed E-state index contributed by atoms with van der Waals surface area (Å²) in [6, 6.07) is 0. The summed E-state index contributed by atoms with van der Waals surface area (Å²) in [5, 5.41) is 8.86. The number of rotatable bonds is 0. The zero-order valence-electron chi connectivity index (χ0n) is 7.15. The van der Waals surface area contributed by atoms with E-state index < -0.39 is 36.0 Å². The quantitative estimate of drug-likeness (QED) is 0.636. The van der Waals surface area contributed by atoms with E-state index >= 15 is 0 Å². The molecule has 1 aliphatic rings. The topological polar surface area (TPSA) is 20.2 Å². The number of alkyl halides is 6. The molecule has 1 unspecified atom stereocenters. The summed E-state index contributed by atoms with van der Waals surface area (Å²) in [5.74, 6) is 0. The molecule has 0 amide bonds. The van der Waals surface area contributed by atoms with Gasteiger partial charge in [-0.25, -0.2) is 0 Å². The van der Waals surface area contributed by atoms with Crippen LogP contribution in [0.5, 0.6) is 0 Å². The molecule has 1 rings (SSSR count). The molecule has 0 spiro atoms. The van der Waals surface area contributed by atoms with E-state index in [4.69, 9.17) is 5.11 Å². The Bertz CT molecular complexity index is 308. The standard InChI is InChI=1S/C8H6F6O/c9-7(10,11)4-1-5(8(12,13)14)3-6(15)2-4/h1-2,6,15H,3H2. The van der Waals surface area contributed by atoms with E-state index in [2.05, 4.69) is 0 Å². The lowest BCUT2D eigenvalue weighted by atomic mass is 9.96. The van der Waals surface area contributed by atoms with Gasteiger partial charge < -0.3 is 5.11 Å². The Labute approximate surface area is 80.7 Å². The first-order valence-corrected chi connectivity index (χ1v) is 3.85. The van der Waals surface area contributed by atoms with E-state index in [9.17, 15) is 26.3 Å². The van der Waals surface area contributed by atoms with Crippen molar-refractivity contribution in [2.75, 3.05) is 0 Å². The average Bonchev–Trinajstić information content (AvgIpc) is 1.99. The van der Waals surface area contributed by atoms with Crippen molar-refractivity contribution >= 4 is 0 Å². The predicted octanol–water partition coefficient (Wildman–Crippen LogP) is 2.73. The minimum absolute atomic E-state index is 0.0206. The third-order valence-electron chi connectivity index (χ3n) is 1.82. The highest BCUT2D eigenvalue weighted by atomic mass is 19.4. The van der Waals surface area contributed by atoms with Crippen LogP contribution in [0.3, 0.4) is 0 Å². The molecule has 0 bridgehead atoms. The van der Waals surface area contributed by atoms with Gasteiger partial charge in [0.25, 0.3) is 0 Å². The molecule has 0 saturated heterocycles. The maximum absolute atomic E-state index is 12.1. The summed E-state index contributed by atoms with van der Waals surface area (Å²) >= 11 is 0. The first-order chi connectivity index (χ1) is 6.60. The molecule has 0 fully saturated rings. The van der Waals surface area contributed by atoms with Crippen LogP contribution >= 0.6 is 0 Å². The van der Waals surface area contributed by atoms with Crippen LogP contribution in [0.15, 0.2) is 23.3 Å². The van der Waals surface area contributed by atoms with Crippen LogP contribution in [0.1, 0.15) is 6.42 Å². The summed E-state index contributed by atoms with van der Waals surface area (Å²) < 4.78 is 72.6. The van der Waals surface area contributed by atoms with E-state index in [1.165, 1.54) is 0 Å². The molecule has 0 aromatic rings. The summed E-state index contributed by atoms with van der Waals surface area (Å²) in [5.41, 5.74) is -2.83. The van der Waals surface area contributed by atoms with E-state index in [0.717, 1.165) is 0 Å². The summed E-state index contributed by atoms with van der Waals surface area (Å²) in [7, 11) is 0. The monoisotopic (exact) mass is 232 g/mol. The molecule has 86 valence electrons. The van der Waals surface area contributed by atoms with Crippen molar-refractivity contribution in [2.24, 2.45) is 0 Å². The Morgan fingerprint density at radius 2 is 1.60 bits per heavy atom. The van der Waals surface area contributed by atoms with Crippen LogP contribution in [-0.2, 0) is 0 Å². The van der Waals surface area contributed by atoms with Gasteiger partial charge in [-0.2, -0.15) is 26.3 Å². The number of hydrogen-bond acceptors (Lipinski definition) is 1. The van der Waals surface area contributed by atoms with E-state index in [0.29, 0.717) is 6.08 Å². The van der Waals surface area contributed by atoms with Crippen molar-refractivity contribution in [1.82, 2.24) is 0 Å². The molecule has 1 nitrogen and oxygen atoms in total. The summed E-state index contributed by atoms with van der Waals surface area (Å²) in [4.78, 5) is 0. The molecule has 0 aromatic heterocycles. The zero-order valence-corrected chi connectivity index (χ0v) is 7.15. The van der Waals surface area contributed by atoms with Crippen LogP contribution < -0.4 is 0 Å². The van der Waals surface area contributed by atoms with Gasteiger partial charge in [0.15, 0.2) is 0 Å². The van der Waals surface area contributed by atoms with E-state index in [1.54, 1.807) is 0 Å². The number of allylic oxidation sites excluding steroid dienone is 2. The maximum Gasteiger partial charge on any atom is 0.416 e. The van der Waals surface area contributed by atoms with Gasteiger partial charge in [0, 0.05) is 12.0 Å². The molecule has 1 N–H and O–H groups in total. The molecular formula is C8H6F6O. The van der Waals surface area contributed by atoms with Crippen LogP contribution in [0.4, 0.5) is 26.3 Å². The molecule has 0 aromatic carbocycles. The fourth-order valence-electron chi connectivity index (χ4n) is 1.16. The predicted molar refractivity (Wildman–Crippen MR) is 38.9 cm³/mol. The van der Waals surface area contributed by atoms with Crippen molar-refractivity contribution in [3.63, 3.8) is 0 Å². The van der Waals surface area contributed by atoms with E-state index in [1.807, 2.05) is 0 Å². The maximum atomic E-state index is 12.1. The van der Waals surface area contributed by atoms with Crippen LogP contribution in [0.2, 0.25) is 0 Å². The Morgan fingerprint density at radius 3 is 2.00 bits per heavy atom. The van der Waals surface area contributed by atoms with Gasteiger partial charge in [0.05, 0.1) is 11.7 Å². The molecule has 0 radical (unpaired) electrons. The van der Waals surface area contributed by atoms with Gasteiger partial charge in [0.2, 0.25) is 0 Å². The van der Waals surface area contributed by atoms with Crippen molar-refractivity contribution in [2.45, 2.75) is 24.9 Å². The first-order valence-electron chi connectivity index (χ1n) is 3.85. The van der Waals surface area contributed by atoms with Gasteiger partial charge in [-0.05, 0) is 12.2 Å². The van der Waals surface area contributed by atoms with Crippen LogP contribution in [-0.4, -0.2) is 23.6 Å². The van der Waals surface area contributed by atoms with Gasteiger partial charge in [-0.3, -0.25) is 0 Å². The molecule has 0 aliphatic heterocycles. The fraction of sp³-hybridized carbons (Fsp3) is 0.500. The van der Waals surface area contributed by atoms with E-state index in [-0.39, 0.29) is 6.08 Å². The highest BCUT2D eigenvalue weighted by Crippen LogP contribution is 2.37. The first kappa shape index (κ1) is 12.1. The average molecular weight is 232 g/mol. The summed E-state index contributed by atoms with van der Waals surface area (Å²) in [6.07, 6.45) is -11.9. The lowest BCUT2D eigenvalue weighted by Gasteiger charge is -2.21. The number of aliphatic hydroxyl groups excluding tert-OH is 1. The van der Waals surface area contributed by atoms with Crippen molar-refractivity contribution in [1.29, 1.82) is 0 Å². The summed E-state index contributed by atoms with van der Waals surface area (Å²) in [6.45, 7) is 0.